The van der Waals surface area contributed by atoms with Gasteiger partial charge in [0.2, 0.25) is 0 Å². The molecule has 0 radical (unpaired) electrons. The third kappa shape index (κ3) is 3.15. The third-order valence-electron chi connectivity index (χ3n) is 4.00. The van der Waals surface area contributed by atoms with Gasteiger partial charge in [0.25, 0.3) is 0 Å². The molecule has 4 aromatic rings. The molecule has 6 nitrogen and oxygen atoms in total. The number of anilines is 2. The van der Waals surface area contributed by atoms with Crippen LogP contribution in [0.3, 0.4) is 0 Å². The topological polar surface area (TPSA) is 70.9 Å². The Morgan fingerprint density at radius 3 is 2.73 bits per heavy atom. The van der Waals surface area contributed by atoms with E-state index in [0.29, 0.717) is 17.5 Å². The van der Waals surface area contributed by atoms with Crippen LogP contribution in [0.25, 0.3) is 5.52 Å². The van der Waals surface area contributed by atoms with E-state index in [0.717, 1.165) is 16.8 Å². The molecular weight excluding hydrogens is 351 g/mol. The van der Waals surface area contributed by atoms with Crippen LogP contribution in [0, 0.1) is 12.7 Å². The molecule has 1 unspecified atom stereocenters. The van der Waals surface area contributed by atoms with Gasteiger partial charge in [-0.15, -0.1) is 11.8 Å². The monoisotopic (exact) mass is 368 g/mol. The van der Waals surface area contributed by atoms with Crippen molar-refractivity contribution in [2.45, 2.75) is 12.2 Å². The number of aryl methyl sites for hydroxylation is 1. The summed E-state index contributed by atoms with van der Waals surface area (Å²) in [4.78, 5) is 4.74. The predicted octanol–water partition coefficient (Wildman–Crippen LogP) is 4.10. The van der Waals surface area contributed by atoms with Crippen LogP contribution in [-0.4, -0.2) is 31.1 Å². The lowest BCUT2D eigenvalue weighted by molar-refractivity contribution is 0.627. The van der Waals surface area contributed by atoms with Crippen LogP contribution >= 0.6 is 11.8 Å². The number of nitrogens with one attached hydrogen (secondary N) is 2. The Morgan fingerprint density at radius 2 is 2.04 bits per heavy atom. The Labute approximate surface area is 153 Å². The van der Waals surface area contributed by atoms with Crippen molar-refractivity contribution in [3.63, 3.8) is 0 Å². The van der Waals surface area contributed by atoms with Crippen LogP contribution < -0.4 is 5.32 Å². The zero-order valence-electron chi connectivity index (χ0n) is 14.3. The van der Waals surface area contributed by atoms with E-state index in [1.807, 2.05) is 37.6 Å². The van der Waals surface area contributed by atoms with Crippen molar-refractivity contribution in [3.8, 4) is 0 Å². The van der Waals surface area contributed by atoms with Gasteiger partial charge in [-0.2, -0.15) is 10.2 Å². The van der Waals surface area contributed by atoms with E-state index >= 15 is 0 Å². The van der Waals surface area contributed by atoms with E-state index in [2.05, 4.69) is 20.6 Å². The number of thioether (sulfide) groups is 1. The van der Waals surface area contributed by atoms with Crippen LogP contribution in [0.4, 0.5) is 16.0 Å². The summed E-state index contributed by atoms with van der Waals surface area (Å²) in [7, 11) is 0. The number of aromatic nitrogens is 5. The molecule has 1 aromatic carbocycles. The van der Waals surface area contributed by atoms with E-state index in [9.17, 15) is 4.39 Å². The zero-order chi connectivity index (χ0) is 18.1. The summed E-state index contributed by atoms with van der Waals surface area (Å²) in [6, 6.07) is 12.2. The molecule has 0 fully saturated rings. The Balaban J connectivity index is 1.78. The van der Waals surface area contributed by atoms with E-state index in [1.165, 1.54) is 12.1 Å². The van der Waals surface area contributed by atoms with Crippen LogP contribution in [0.5, 0.6) is 0 Å². The molecule has 0 aliphatic rings. The number of hydrogen-bond acceptors (Lipinski definition) is 5. The van der Waals surface area contributed by atoms with Gasteiger partial charge in [0.1, 0.15) is 11.3 Å². The summed E-state index contributed by atoms with van der Waals surface area (Å²) in [5.41, 5.74) is 2.77. The van der Waals surface area contributed by atoms with Crippen molar-refractivity contribution in [2.75, 3.05) is 11.6 Å². The number of aromatic amines is 1. The second-order valence-corrected chi connectivity index (χ2v) is 6.83. The van der Waals surface area contributed by atoms with Gasteiger partial charge >= 0.3 is 0 Å². The minimum Gasteiger partial charge on any atom is -0.322 e. The summed E-state index contributed by atoms with van der Waals surface area (Å²) < 4.78 is 15.1. The molecule has 0 aliphatic carbocycles. The minimum atomic E-state index is -0.258. The first-order valence-electron chi connectivity index (χ1n) is 8.06. The van der Waals surface area contributed by atoms with E-state index in [1.54, 1.807) is 28.4 Å². The Kier molecular flexibility index (Phi) is 4.34. The van der Waals surface area contributed by atoms with E-state index in [4.69, 9.17) is 4.98 Å². The number of benzene rings is 1. The first kappa shape index (κ1) is 16.6. The number of halogens is 1. The molecule has 0 saturated heterocycles. The molecule has 2 N–H and O–H groups in total. The molecule has 0 saturated carbocycles. The van der Waals surface area contributed by atoms with Crippen molar-refractivity contribution in [1.29, 1.82) is 0 Å². The lowest BCUT2D eigenvalue weighted by Gasteiger charge is -2.15. The molecule has 26 heavy (non-hydrogen) atoms. The smallest absolute Gasteiger partial charge is 0.169 e. The molecule has 0 aliphatic heterocycles. The molecule has 3 aromatic heterocycles. The lowest BCUT2D eigenvalue weighted by Crippen LogP contribution is -2.09. The molecular formula is C18H17FN6S. The molecule has 0 bridgehead atoms. The lowest BCUT2D eigenvalue weighted by atomic mass is 10.1. The predicted molar refractivity (Wildman–Crippen MR) is 101 cm³/mol. The SMILES string of the molecule is CSC(c1ccc(F)cc1)c1nc(Nc2cc(C)[nH]n2)c2cccn2n1. The second kappa shape index (κ2) is 6.80. The fourth-order valence-electron chi connectivity index (χ4n) is 2.79. The molecule has 132 valence electrons. The number of hydrogen-bond donors (Lipinski definition) is 2. The average molecular weight is 368 g/mol. The van der Waals surface area contributed by atoms with Gasteiger partial charge in [0, 0.05) is 18.0 Å². The van der Waals surface area contributed by atoms with Gasteiger partial charge in [-0.1, -0.05) is 12.1 Å². The maximum atomic E-state index is 13.3. The van der Waals surface area contributed by atoms with Crippen molar-refractivity contribution >= 4 is 28.9 Å². The molecule has 8 heteroatoms. The third-order valence-corrected chi connectivity index (χ3v) is 4.96. The van der Waals surface area contributed by atoms with Crippen molar-refractivity contribution in [2.24, 2.45) is 0 Å². The summed E-state index contributed by atoms with van der Waals surface area (Å²) in [5.74, 6) is 1.75. The van der Waals surface area contributed by atoms with Gasteiger partial charge in [0.05, 0.1) is 5.25 Å². The first-order valence-corrected chi connectivity index (χ1v) is 9.35. The Hall–Kier alpha value is -2.87. The quantitative estimate of drug-likeness (QED) is 0.555. The van der Waals surface area contributed by atoms with Crippen molar-refractivity contribution in [1.82, 2.24) is 24.8 Å². The zero-order valence-corrected chi connectivity index (χ0v) is 15.1. The number of rotatable bonds is 5. The summed E-state index contributed by atoms with van der Waals surface area (Å²) >= 11 is 1.60. The van der Waals surface area contributed by atoms with Crippen LogP contribution in [0.2, 0.25) is 0 Å². The average Bonchev–Trinajstić information content (AvgIpc) is 3.26. The fourth-order valence-corrected chi connectivity index (χ4v) is 3.53. The summed E-state index contributed by atoms with van der Waals surface area (Å²) in [5, 5.41) is 14.9. The highest BCUT2D eigenvalue weighted by Crippen LogP contribution is 2.33. The second-order valence-electron chi connectivity index (χ2n) is 5.89. The van der Waals surface area contributed by atoms with Gasteiger partial charge in [-0.3, -0.25) is 5.10 Å². The molecule has 4 rings (SSSR count). The normalized spacial score (nSPS) is 12.4. The number of H-pyrrole nitrogens is 1. The number of nitrogens with zero attached hydrogens (tertiary/aromatic N) is 4. The Morgan fingerprint density at radius 1 is 1.23 bits per heavy atom. The molecule has 0 amide bonds. The highest BCUT2D eigenvalue weighted by atomic mass is 32.2. The molecule has 1 atom stereocenters. The van der Waals surface area contributed by atoms with Crippen LogP contribution in [0.15, 0.2) is 48.7 Å². The van der Waals surface area contributed by atoms with Crippen LogP contribution in [0.1, 0.15) is 22.3 Å². The maximum absolute atomic E-state index is 13.3. The van der Waals surface area contributed by atoms with Crippen molar-refractivity contribution in [3.05, 3.63) is 71.6 Å². The van der Waals surface area contributed by atoms with Crippen LogP contribution in [-0.2, 0) is 0 Å². The van der Waals surface area contributed by atoms with Gasteiger partial charge < -0.3 is 5.32 Å². The molecule has 3 heterocycles. The van der Waals surface area contributed by atoms with Gasteiger partial charge in [-0.25, -0.2) is 13.9 Å². The minimum absolute atomic E-state index is 0.108. The van der Waals surface area contributed by atoms with E-state index in [-0.39, 0.29) is 11.1 Å². The Bertz CT molecular complexity index is 1040. The fraction of sp³-hybridized carbons (Fsp3) is 0.167. The van der Waals surface area contributed by atoms with Crippen molar-refractivity contribution < 1.29 is 4.39 Å². The standard InChI is InChI=1S/C18H17FN6S/c1-11-10-15(23-22-11)20-17-14-4-3-9-25(14)24-18(21-17)16(26-2)12-5-7-13(19)8-6-12/h3-10,16H,1-2H3,(H2,20,21,22,23,24). The summed E-state index contributed by atoms with van der Waals surface area (Å²) in [6.45, 7) is 1.94. The summed E-state index contributed by atoms with van der Waals surface area (Å²) in [6.07, 6.45) is 3.87. The first-order chi connectivity index (χ1) is 12.6. The highest BCUT2D eigenvalue weighted by Gasteiger charge is 2.19. The van der Waals surface area contributed by atoms with E-state index < -0.39 is 0 Å². The highest BCUT2D eigenvalue weighted by molar-refractivity contribution is 7.99. The van der Waals surface area contributed by atoms with Gasteiger partial charge in [0.15, 0.2) is 17.5 Å². The molecule has 0 spiro atoms. The maximum Gasteiger partial charge on any atom is 0.169 e. The van der Waals surface area contributed by atoms with Gasteiger partial charge in [-0.05, 0) is 43.0 Å². The number of fused-ring (bicyclic) bond motifs is 1. The largest absolute Gasteiger partial charge is 0.322 e.